The van der Waals surface area contributed by atoms with Gasteiger partial charge in [-0.15, -0.1) is 0 Å². The molecule has 0 fully saturated rings. The largest absolute Gasteiger partial charge is 0.0616 e. The molecule has 51 heavy (non-hydrogen) atoms. The molecule has 0 nitrogen and oxygen atoms in total. The molecule has 0 saturated heterocycles. The predicted octanol–water partition coefficient (Wildman–Crippen LogP) is 14.2. The molecule has 0 spiro atoms. The first-order chi connectivity index (χ1) is 25.1. The van der Waals surface area contributed by atoms with Crippen molar-refractivity contribution in [3.63, 3.8) is 0 Å². The van der Waals surface area contributed by atoms with Crippen LogP contribution in [0.4, 0.5) is 0 Å². The lowest BCUT2D eigenvalue weighted by atomic mass is 9.75. The first-order valence-corrected chi connectivity index (χ1v) is 18.0. The summed E-state index contributed by atoms with van der Waals surface area (Å²) in [7, 11) is 0. The molecule has 0 saturated carbocycles. The van der Waals surface area contributed by atoms with E-state index in [4.69, 9.17) is 0 Å². The SMILES string of the molecule is CC1(C)c2c(-c3c4ccccc4c(-c4cccc5c4ccc4ccccc45)c4ccccc34)cccc2-c2c1c1ccccc1c1ccccc21. The Morgan fingerprint density at radius 2 is 0.647 bits per heavy atom. The first kappa shape index (κ1) is 28.6. The zero-order valence-electron chi connectivity index (χ0n) is 28.7. The molecule has 0 radical (unpaired) electrons. The van der Waals surface area contributed by atoms with Gasteiger partial charge in [0.05, 0.1) is 0 Å². The van der Waals surface area contributed by atoms with E-state index in [1.165, 1.54) is 109 Å². The van der Waals surface area contributed by atoms with Crippen molar-refractivity contribution >= 4 is 64.6 Å². The van der Waals surface area contributed by atoms with E-state index in [1.807, 2.05) is 0 Å². The van der Waals surface area contributed by atoms with Crippen molar-refractivity contribution in [1.29, 1.82) is 0 Å². The predicted molar refractivity (Wildman–Crippen MR) is 220 cm³/mol. The average Bonchev–Trinajstić information content (AvgIpc) is 3.44. The molecular weight excluding hydrogens is 613 g/mol. The molecule has 1 aliphatic carbocycles. The van der Waals surface area contributed by atoms with Gasteiger partial charge >= 0.3 is 0 Å². The van der Waals surface area contributed by atoms with Gasteiger partial charge in [-0.05, 0) is 109 Å². The fraction of sp³-hybridized carbons (Fsp3) is 0.0588. The Labute approximate surface area is 297 Å². The third kappa shape index (κ3) is 3.80. The zero-order valence-corrected chi connectivity index (χ0v) is 28.7. The fourth-order valence-electron chi connectivity index (χ4n) is 9.80. The molecular formula is C51H34. The minimum absolute atomic E-state index is 0.220. The molecule has 11 rings (SSSR count). The van der Waals surface area contributed by atoms with E-state index in [1.54, 1.807) is 0 Å². The van der Waals surface area contributed by atoms with Crippen molar-refractivity contribution in [3.8, 4) is 33.4 Å². The van der Waals surface area contributed by atoms with Gasteiger partial charge < -0.3 is 0 Å². The first-order valence-electron chi connectivity index (χ1n) is 18.0. The van der Waals surface area contributed by atoms with Crippen LogP contribution >= 0.6 is 0 Å². The molecule has 10 aromatic rings. The second kappa shape index (κ2) is 10.4. The highest BCUT2D eigenvalue weighted by Crippen LogP contribution is 2.58. The quantitative estimate of drug-likeness (QED) is 0.129. The summed E-state index contributed by atoms with van der Waals surface area (Å²) in [5.74, 6) is 0. The van der Waals surface area contributed by atoms with Crippen molar-refractivity contribution in [2.24, 2.45) is 0 Å². The minimum atomic E-state index is -0.220. The minimum Gasteiger partial charge on any atom is -0.0616 e. The molecule has 0 heteroatoms. The molecule has 0 N–H and O–H groups in total. The second-order valence-electron chi connectivity index (χ2n) is 14.7. The standard InChI is InChI=1S/C51H34/c1-51(2)49-44(27-14-28-45(49)48-38-19-7-5-17-34(38)35-18-6-12-24-43(35)50(48)51)47-41-22-10-8-20-39(41)46(40-21-9-11-23-42(40)47)37-26-13-25-33-32-16-4-3-15-31(32)29-30-36(33)37/h3-30H,1-2H3. The van der Waals surface area contributed by atoms with Gasteiger partial charge in [0, 0.05) is 5.41 Å². The summed E-state index contributed by atoms with van der Waals surface area (Å²) in [6.07, 6.45) is 0. The highest BCUT2D eigenvalue weighted by molar-refractivity contribution is 6.26. The summed E-state index contributed by atoms with van der Waals surface area (Å²) < 4.78 is 0. The van der Waals surface area contributed by atoms with E-state index in [-0.39, 0.29) is 5.41 Å². The Bertz CT molecular complexity index is 3050. The highest BCUT2D eigenvalue weighted by Gasteiger charge is 2.40. The van der Waals surface area contributed by atoms with Crippen LogP contribution in [0.3, 0.4) is 0 Å². The maximum atomic E-state index is 2.45. The van der Waals surface area contributed by atoms with Crippen LogP contribution in [0.25, 0.3) is 98.0 Å². The van der Waals surface area contributed by atoms with Crippen LogP contribution in [-0.2, 0) is 5.41 Å². The molecule has 0 atom stereocenters. The van der Waals surface area contributed by atoms with E-state index in [2.05, 4.69) is 184 Å². The molecule has 0 amide bonds. The van der Waals surface area contributed by atoms with Gasteiger partial charge in [0.1, 0.15) is 0 Å². The van der Waals surface area contributed by atoms with Gasteiger partial charge in [0.2, 0.25) is 0 Å². The van der Waals surface area contributed by atoms with Gasteiger partial charge in [0.15, 0.2) is 0 Å². The van der Waals surface area contributed by atoms with Crippen LogP contribution in [0.5, 0.6) is 0 Å². The Balaban J connectivity index is 1.27. The van der Waals surface area contributed by atoms with Crippen molar-refractivity contribution in [1.82, 2.24) is 0 Å². The van der Waals surface area contributed by atoms with Gasteiger partial charge in [-0.1, -0.05) is 184 Å². The number of fused-ring (bicyclic) bond motifs is 13. The fourth-order valence-corrected chi connectivity index (χ4v) is 9.80. The molecule has 1 aliphatic rings. The molecule has 0 heterocycles. The van der Waals surface area contributed by atoms with E-state index < -0.39 is 0 Å². The van der Waals surface area contributed by atoms with Crippen molar-refractivity contribution in [3.05, 3.63) is 181 Å². The number of benzene rings is 10. The van der Waals surface area contributed by atoms with E-state index in [0.717, 1.165) is 0 Å². The molecule has 10 aromatic carbocycles. The van der Waals surface area contributed by atoms with Crippen LogP contribution in [0.15, 0.2) is 170 Å². The normalized spacial score (nSPS) is 13.5. The van der Waals surface area contributed by atoms with Crippen LogP contribution in [0, 0.1) is 0 Å². The number of hydrogen-bond donors (Lipinski definition) is 0. The third-order valence-corrected chi connectivity index (χ3v) is 11.8. The smallest absolute Gasteiger partial charge is 0.0171 e. The van der Waals surface area contributed by atoms with Gasteiger partial charge in [0.25, 0.3) is 0 Å². The average molecular weight is 647 g/mol. The summed E-state index contributed by atoms with van der Waals surface area (Å²) in [6.45, 7) is 4.89. The molecule has 0 aromatic heterocycles. The van der Waals surface area contributed by atoms with E-state index in [9.17, 15) is 0 Å². The Hall–Kier alpha value is -6.24. The van der Waals surface area contributed by atoms with Crippen LogP contribution in [0.2, 0.25) is 0 Å². The summed E-state index contributed by atoms with van der Waals surface area (Å²) in [5, 5.41) is 15.6. The Morgan fingerprint density at radius 3 is 1.27 bits per heavy atom. The summed E-state index contributed by atoms with van der Waals surface area (Å²) in [5.41, 5.74) is 10.6. The number of hydrogen-bond acceptors (Lipinski definition) is 0. The highest BCUT2D eigenvalue weighted by atomic mass is 14.4. The van der Waals surface area contributed by atoms with Gasteiger partial charge in [-0.25, -0.2) is 0 Å². The summed E-state index contributed by atoms with van der Waals surface area (Å²) in [6, 6.07) is 63.4. The van der Waals surface area contributed by atoms with E-state index >= 15 is 0 Å². The van der Waals surface area contributed by atoms with Crippen LogP contribution in [0.1, 0.15) is 25.0 Å². The summed E-state index contributed by atoms with van der Waals surface area (Å²) in [4.78, 5) is 0. The van der Waals surface area contributed by atoms with Crippen molar-refractivity contribution in [2.75, 3.05) is 0 Å². The van der Waals surface area contributed by atoms with Crippen LogP contribution in [-0.4, -0.2) is 0 Å². The van der Waals surface area contributed by atoms with Gasteiger partial charge in [-0.3, -0.25) is 0 Å². The Kier molecular flexibility index (Phi) is 5.82. The maximum absolute atomic E-state index is 2.45. The maximum Gasteiger partial charge on any atom is 0.0171 e. The number of rotatable bonds is 2. The third-order valence-electron chi connectivity index (χ3n) is 11.8. The second-order valence-corrected chi connectivity index (χ2v) is 14.7. The zero-order chi connectivity index (χ0) is 33.8. The summed E-state index contributed by atoms with van der Waals surface area (Å²) >= 11 is 0. The topological polar surface area (TPSA) is 0 Å². The van der Waals surface area contributed by atoms with Crippen LogP contribution < -0.4 is 0 Å². The lowest BCUT2D eigenvalue weighted by Crippen LogP contribution is -2.17. The monoisotopic (exact) mass is 646 g/mol. The van der Waals surface area contributed by atoms with E-state index in [0.29, 0.717) is 0 Å². The molecule has 238 valence electrons. The van der Waals surface area contributed by atoms with Crippen molar-refractivity contribution in [2.45, 2.75) is 19.3 Å². The lowest BCUT2D eigenvalue weighted by molar-refractivity contribution is 0.668. The van der Waals surface area contributed by atoms with Crippen molar-refractivity contribution < 1.29 is 0 Å². The molecule has 0 bridgehead atoms. The Morgan fingerprint density at radius 1 is 0.255 bits per heavy atom. The molecule has 0 aliphatic heterocycles. The molecule has 0 unspecified atom stereocenters. The van der Waals surface area contributed by atoms with Gasteiger partial charge in [-0.2, -0.15) is 0 Å². The lowest BCUT2D eigenvalue weighted by Gasteiger charge is -2.27.